The Balaban J connectivity index is 3.88. The van der Waals surface area contributed by atoms with Gasteiger partial charge in [0.1, 0.15) is 0 Å². The molecule has 0 heteroatoms. The summed E-state index contributed by atoms with van der Waals surface area (Å²) in [6.07, 6.45) is 7.04. The lowest BCUT2D eigenvalue weighted by Crippen LogP contribution is -2.12. The molecule has 0 aliphatic rings. The Morgan fingerprint density at radius 1 is 0.368 bits per heavy atom. The third kappa shape index (κ3) is 11.5. The number of hydrogen-bond donors (Lipinski definition) is 0. The summed E-state index contributed by atoms with van der Waals surface area (Å²) in [7, 11) is 0. The van der Waals surface area contributed by atoms with Gasteiger partial charge in [-0.15, -0.1) is 0 Å². The van der Waals surface area contributed by atoms with Gasteiger partial charge in [0.05, 0.1) is 0 Å². The van der Waals surface area contributed by atoms with E-state index in [1.54, 1.807) is 0 Å². The molecule has 0 saturated heterocycles. The van der Waals surface area contributed by atoms with E-state index in [1.807, 2.05) is 0 Å². The smallest absolute Gasteiger partial charge is 0.0438 e. The minimum Gasteiger partial charge on any atom is -0.0628 e. The van der Waals surface area contributed by atoms with E-state index in [-0.39, 0.29) is 0 Å². The van der Waals surface area contributed by atoms with Crippen molar-refractivity contribution < 1.29 is 0 Å². The topological polar surface area (TPSA) is 0 Å². The van der Waals surface area contributed by atoms with Crippen molar-refractivity contribution >= 4 is 0 Å². The first-order valence-electron chi connectivity index (χ1n) is 8.70. The molecule has 0 fully saturated rings. The van der Waals surface area contributed by atoms with Crippen LogP contribution >= 0.6 is 0 Å². The largest absolute Gasteiger partial charge is 0.0628 e. The van der Waals surface area contributed by atoms with Crippen LogP contribution in [0.15, 0.2) is 0 Å². The molecule has 4 atom stereocenters. The molecule has 0 radical (unpaired) electrons. The zero-order valence-electron chi connectivity index (χ0n) is 15.0. The van der Waals surface area contributed by atoms with Crippen molar-refractivity contribution in [3.63, 3.8) is 0 Å². The van der Waals surface area contributed by atoms with Crippen molar-refractivity contribution in [2.24, 2.45) is 35.5 Å². The van der Waals surface area contributed by atoms with E-state index >= 15 is 0 Å². The zero-order valence-corrected chi connectivity index (χ0v) is 15.0. The van der Waals surface area contributed by atoms with E-state index in [0.717, 1.165) is 35.5 Å². The molecule has 19 heavy (non-hydrogen) atoms. The maximum absolute atomic E-state index is 2.46. The van der Waals surface area contributed by atoms with Crippen LogP contribution in [0.5, 0.6) is 0 Å². The van der Waals surface area contributed by atoms with Crippen LogP contribution in [0, 0.1) is 35.5 Å². The van der Waals surface area contributed by atoms with E-state index in [9.17, 15) is 0 Å². The minimum absolute atomic E-state index is 0.852. The predicted octanol–water partition coefficient (Wildman–Crippen LogP) is 6.79. The van der Waals surface area contributed by atoms with Gasteiger partial charge in [0, 0.05) is 0 Å². The first-order chi connectivity index (χ1) is 8.70. The van der Waals surface area contributed by atoms with Crippen molar-refractivity contribution in [2.75, 3.05) is 0 Å². The first-order valence-corrected chi connectivity index (χ1v) is 8.70. The van der Waals surface area contributed by atoms with Crippen LogP contribution in [0.3, 0.4) is 0 Å². The Bertz CT molecular complexity index is 182. The normalized spacial score (nSPS) is 18.6. The van der Waals surface area contributed by atoms with Crippen LogP contribution in [0.25, 0.3) is 0 Å². The van der Waals surface area contributed by atoms with Gasteiger partial charge in [0.15, 0.2) is 0 Å². The highest BCUT2D eigenvalue weighted by Crippen LogP contribution is 2.28. The van der Waals surface area contributed by atoms with Crippen LogP contribution in [-0.2, 0) is 0 Å². The fourth-order valence-corrected chi connectivity index (χ4v) is 4.06. The van der Waals surface area contributed by atoms with Crippen LogP contribution < -0.4 is 0 Å². The van der Waals surface area contributed by atoms with Crippen molar-refractivity contribution in [1.29, 1.82) is 0 Å². The predicted molar refractivity (Wildman–Crippen MR) is 89.4 cm³/mol. The quantitative estimate of drug-likeness (QED) is 0.409. The first kappa shape index (κ1) is 19.0. The number of hydrogen-bond acceptors (Lipinski definition) is 0. The highest BCUT2D eigenvalue weighted by atomic mass is 14.2. The molecule has 0 bridgehead atoms. The van der Waals surface area contributed by atoms with Crippen LogP contribution in [0.2, 0.25) is 0 Å². The molecule has 0 heterocycles. The van der Waals surface area contributed by atoms with Crippen LogP contribution in [-0.4, -0.2) is 0 Å². The lowest BCUT2D eigenvalue weighted by Gasteiger charge is -2.24. The summed E-state index contributed by atoms with van der Waals surface area (Å²) in [6.45, 7) is 19.2. The lowest BCUT2D eigenvalue weighted by atomic mass is 9.82. The van der Waals surface area contributed by atoms with E-state index in [1.165, 1.54) is 32.1 Å². The molecule has 0 amide bonds. The third-order valence-corrected chi connectivity index (χ3v) is 4.16. The molecule has 0 aromatic carbocycles. The van der Waals surface area contributed by atoms with Gasteiger partial charge in [-0.2, -0.15) is 0 Å². The SMILES string of the molecule is CC(C)CC(C)CC(C)CC(C)CC(C)CC(C)C. The van der Waals surface area contributed by atoms with Gasteiger partial charge in [0.25, 0.3) is 0 Å². The standard InChI is InChI=1S/C19H40/c1-14(2)9-16(5)11-18(7)13-19(8)12-17(6)10-15(3)4/h14-19H,9-13H2,1-8H3. The highest BCUT2D eigenvalue weighted by molar-refractivity contribution is 4.67. The second kappa shape index (κ2) is 9.83. The molecular formula is C19H40. The van der Waals surface area contributed by atoms with Gasteiger partial charge in [-0.1, -0.05) is 55.4 Å². The Labute approximate surface area is 123 Å². The summed E-state index contributed by atoms with van der Waals surface area (Å²) in [5.74, 6) is 5.30. The molecule has 116 valence electrons. The van der Waals surface area contributed by atoms with E-state index in [0.29, 0.717) is 0 Å². The molecule has 0 aromatic heterocycles. The maximum atomic E-state index is 2.46. The third-order valence-electron chi connectivity index (χ3n) is 4.16. The molecule has 0 aliphatic heterocycles. The van der Waals surface area contributed by atoms with Crippen molar-refractivity contribution in [3.05, 3.63) is 0 Å². The molecule has 0 N–H and O–H groups in total. The van der Waals surface area contributed by atoms with Crippen LogP contribution in [0.1, 0.15) is 87.5 Å². The monoisotopic (exact) mass is 268 g/mol. The average Bonchev–Trinajstić information content (AvgIpc) is 2.12. The summed E-state index contributed by atoms with van der Waals surface area (Å²) in [6, 6.07) is 0. The number of rotatable bonds is 10. The maximum Gasteiger partial charge on any atom is -0.0438 e. The lowest BCUT2D eigenvalue weighted by molar-refractivity contribution is 0.278. The highest BCUT2D eigenvalue weighted by Gasteiger charge is 2.16. The Morgan fingerprint density at radius 2 is 0.579 bits per heavy atom. The molecule has 0 aromatic rings. The fourth-order valence-electron chi connectivity index (χ4n) is 4.06. The molecule has 0 saturated carbocycles. The van der Waals surface area contributed by atoms with Gasteiger partial charge in [-0.3, -0.25) is 0 Å². The van der Waals surface area contributed by atoms with Gasteiger partial charge in [-0.25, -0.2) is 0 Å². The van der Waals surface area contributed by atoms with Crippen LogP contribution in [0.4, 0.5) is 0 Å². The average molecular weight is 269 g/mol. The summed E-state index contributed by atoms with van der Waals surface area (Å²) < 4.78 is 0. The van der Waals surface area contributed by atoms with Gasteiger partial charge < -0.3 is 0 Å². The van der Waals surface area contributed by atoms with Crippen molar-refractivity contribution in [1.82, 2.24) is 0 Å². The van der Waals surface area contributed by atoms with Gasteiger partial charge in [0.2, 0.25) is 0 Å². The minimum atomic E-state index is 0.852. The van der Waals surface area contributed by atoms with E-state index < -0.39 is 0 Å². The second-order valence-electron chi connectivity index (χ2n) is 8.39. The van der Waals surface area contributed by atoms with E-state index in [4.69, 9.17) is 0 Å². The summed E-state index contributed by atoms with van der Waals surface area (Å²) in [5.41, 5.74) is 0. The molecule has 0 nitrogen and oxygen atoms in total. The molecule has 0 aliphatic carbocycles. The Morgan fingerprint density at radius 3 is 0.789 bits per heavy atom. The Kier molecular flexibility index (Phi) is 9.83. The van der Waals surface area contributed by atoms with Gasteiger partial charge >= 0.3 is 0 Å². The fraction of sp³-hybridized carbons (Fsp3) is 1.00. The molecule has 0 spiro atoms. The van der Waals surface area contributed by atoms with Gasteiger partial charge in [-0.05, 0) is 67.6 Å². The van der Waals surface area contributed by atoms with Crippen molar-refractivity contribution in [3.8, 4) is 0 Å². The second-order valence-corrected chi connectivity index (χ2v) is 8.39. The molecule has 0 rings (SSSR count). The summed E-state index contributed by atoms with van der Waals surface area (Å²) in [5, 5.41) is 0. The Hall–Kier alpha value is 0. The zero-order chi connectivity index (χ0) is 15.0. The van der Waals surface area contributed by atoms with Crippen molar-refractivity contribution in [2.45, 2.75) is 87.5 Å². The summed E-state index contributed by atoms with van der Waals surface area (Å²) in [4.78, 5) is 0. The van der Waals surface area contributed by atoms with E-state index in [2.05, 4.69) is 55.4 Å². The molecule has 4 unspecified atom stereocenters. The molecular weight excluding hydrogens is 228 g/mol. The summed E-state index contributed by atoms with van der Waals surface area (Å²) >= 11 is 0.